The summed E-state index contributed by atoms with van der Waals surface area (Å²) in [7, 11) is -3.98. The second-order valence-electron chi connectivity index (χ2n) is 8.41. The first-order valence-electron chi connectivity index (χ1n) is 11.4. The Balaban J connectivity index is 2.47. The molecule has 0 radical (unpaired) electrons. The van der Waals surface area contributed by atoms with E-state index in [1.54, 1.807) is 6.92 Å². The molecule has 2 aromatic rings. The third kappa shape index (κ3) is 7.03. The molecule has 0 heterocycles. The van der Waals surface area contributed by atoms with Gasteiger partial charge in [0.15, 0.2) is 0 Å². The van der Waals surface area contributed by atoms with Crippen molar-refractivity contribution in [2.75, 3.05) is 17.1 Å². The van der Waals surface area contributed by atoms with Crippen LogP contribution >= 0.6 is 0 Å². The van der Waals surface area contributed by atoms with Crippen LogP contribution in [0.1, 0.15) is 44.7 Å². The molecule has 2 amide bonds. The van der Waals surface area contributed by atoms with Crippen molar-refractivity contribution in [3.63, 3.8) is 0 Å². The number of nitrogens with one attached hydrogen (secondary N) is 1. The summed E-state index contributed by atoms with van der Waals surface area (Å²) in [5, 5.41) is 2.92. The highest BCUT2D eigenvalue weighted by molar-refractivity contribution is 7.92. The highest BCUT2D eigenvalue weighted by Crippen LogP contribution is 2.23. The topological polar surface area (TPSA) is 86.8 Å². The fourth-order valence-corrected chi connectivity index (χ4v) is 4.43. The van der Waals surface area contributed by atoms with Gasteiger partial charge >= 0.3 is 0 Å². The van der Waals surface area contributed by atoms with Crippen molar-refractivity contribution in [3.05, 3.63) is 65.5 Å². The van der Waals surface area contributed by atoms with Gasteiger partial charge in [-0.2, -0.15) is 0 Å². The number of rotatable bonds is 11. The third-order valence-corrected chi connectivity index (χ3v) is 6.92. The Morgan fingerprint density at radius 2 is 1.65 bits per heavy atom. The Kier molecular flexibility index (Phi) is 9.61. The van der Waals surface area contributed by atoms with Crippen LogP contribution in [0.3, 0.4) is 0 Å². The summed E-state index contributed by atoms with van der Waals surface area (Å²) in [6.45, 7) is 7.01. The van der Waals surface area contributed by atoms with Crippen LogP contribution in [0.4, 0.5) is 10.1 Å². The number of nitrogens with zero attached hydrogens (tertiary/aromatic N) is 2. The Bertz CT molecular complexity index is 1110. The van der Waals surface area contributed by atoms with Crippen LogP contribution in [0.5, 0.6) is 0 Å². The van der Waals surface area contributed by atoms with E-state index in [2.05, 4.69) is 5.32 Å². The minimum absolute atomic E-state index is 0.0807. The molecule has 0 fully saturated rings. The zero-order chi connectivity index (χ0) is 25.5. The molecule has 2 aromatic carbocycles. The molecule has 186 valence electrons. The molecule has 2 rings (SSSR count). The van der Waals surface area contributed by atoms with Crippen LogP contribution in [0.2, 0.25) is 0 Å². The molecule has 0 spiro atoms. The highest BCUT2D eigenvalue weighted by atomic mass is 32.2. The standard InChI is InChI=1S/C25H34FN3O4S/c1-6-19(4)27-25(31)22(7-2)28(16-20-13-9-8-12-18(20)3)24(30)17-29(34(5,32)33)23-15-11-10-14-21(23)26/h8-15,19,22H,6-7,16-17H2,1-5H3,(H,27,31)/t19-,22-/m0/s1. The van der Waals surface area contributed by atoms with Gasteiger partial charge < -0.3 is 10.2 Å². The lowest BCUT2D eigenvalue weighted by Crippen LogP contribution is -2.53. The lowest BCUT2D eigenvalue weighted by molar-refractivity contribution is -0.140. The van der Waals surface area contributed by atoms with Crippen molar-refractivity contribution < 1.29 is 22.4 Å². The molecule has 0 aliphatic heterocycles. The molecule has 0 unspecified atom stereocenters. The molecule has 0 aliphatic carbocycles. The second-order valence-corrected chi connectivity index (χ2v) is 10.3. The van der Waals surface area contributed by atoms with E-state index in [0.29, 0.717) is 6.42 Å². The predicted molar refractivity (Wildman–Crippen MR) is 132 cm³/mol. The van der Waals surface area contributed by atoms with Crippen molar-refractivity contribution in [2.24, 2.45) is 0 Å². The zero-order valence-corrected chi connectivity index (χ0v) is 21.2. The summed E-state index contributed by atoms with van der Waals surface area (Å²) in [5.41, 5.74) is 1.56. The van der Waals surface area contributed by atoms with Gasteiger partial charge in [-0.15, -0.1) is 0 Å². The van der Waals surface area contributed by atoms with E-state index in [0.717, 1.165) is 34.2 Å². The summed E-state index contributed by atoms with van der Waals surface area (Å²) < 4.78 is 40.2. The molecule has 2 atom stereocenters. The van der Waals surface area contributed by atoms with Crippen LogP contribution < -0.4 is 9.62 Å². The Hall–Kier alpha value is -2.94. The van der Waals surface area contributed by atoms with Gasteiger partial charge in [-0.1, -0.05) is 50.2 Å². The molecule has 0 aromatic heterocycles. The number of amides is 2. The van der Waals surface area contributed by atoms with Crippen molar-refractivity contribution in [1.82, 2.24) is 10.2 Å². The van der Waals surface area contributed by atoms with E-state index >= 15 is 0 Å². The number of benzene rings is 2. The zero-order valence-electron chi connectivity index (χ0n) is 20.4. The van der Waals surface area contributed by atoms with Crippen LogP contribution in [0.15, 0.2) is 48.5 Å². The molecule has 1 N–H and O–H groups in total. The fraction of sp³-hybridized carbons (Fsp3) is 0.440. The van der Waals surface area contributed by atoms with E-state index in [9.17, 15) is 22.4 Å². The first-order chi connectivity index (χ1) is 16.0. The molecule has 7 nitrogen and oxygen atoms in total. The van der Waals surface area contributed by atoms with Crippen molar-refractivity contribution >= 4 is 27.5 Å². The normalized spacial score (nSPS) is 13.1. The van der Waals surface area contributed by atoms with E-state index in [1.165, 1.54) is 23.1 Å². The number of halogens is 1. The molecular weight excluding hydrogens is 457 g/mol. The SMILES string of the molecule is CC[C@H](C)NC(=O)[C@H](CC)N(Cc1ccccc1C)C(=O)CN(c1ccccc1F)S(C)(=O)=O. The summed E-state index contributed by atoms with van der Waals surface area (Å²) in [6.07, 6.45) is 1.98. The molecule has 0 aliphatic rings. The largest absolute Gasteiger partial charge is 0.352 e. The maximum absolute atomic E-state index is 14.5. The number of hydrogen-bond acceptors (Lipinski definition) is 4. The average Bonchev–Trinajstić information content (AvgIpc) is 2.78. The lowest BCUT2D eigenvalue weighted by Gasteiger charge is -2.33. The van der Waals surface area contributed by atoms with Gasteiger partial charge in [0, 0.05) is 12.6 Å². The van der Waals surface area contributed by atoms with Gasteiger partial charge in [0.2, 0.25) is 21.8 Å². The van der Waals surface area contributed by atoms with Gasteiger partial charge in [-0.25, -0.2) is 12.8 Å². The van der Waals surface area contributed by atoms with Crippen LogP contribution in [0, 0.1) is 12.7 Å². The Labute approximate surface area is 202 Å². The highest BCUT2D eigenvalue weighted by Gasteiger charge is 2.32. The minimum atomic E-state index is -3.98. The predicted octanol–water partition coefficient (Wildman–Crippen LogP) is 3.62. The van der Waals surface area contributed by atoms with Gasteiger partial charge in [0.05, 0.1) is 11.9 Å². The van der Waals surface area contributed by atoms with E-state index in [4.69, 9.17) is 0 Å². The number of carbonyl (C=O) groups is 2. The molecular formula is C25H34FN3O4S. The second kappa shape index (κ2) is 12.0. The summed E-state index contributed by atoms with van der Waals surface area (Å²) in [6, 6.07) is 12.0. The smallest absolute Gasteiger partial charge is 0.244 e. The number of anilines is 1. The van der Waals surface area contributed by atoms with Gasteiger partial charge in [0.1, 0.15) is 18.4 Å². The van der Waals surface area contributed by atoms with E-state index in [1.807, 2.05) is 45.0 Å². The first-order valence-corrected chi connectivity index (χ1v) is 13.2. The van der Waals surface area contributed by atoms with Crippen molar-refractivity contribution in [1.29, 1.82) is 0 Å². The monoisotopic (exact) mass is 491 g/mol. The molecule has 34 heavy (non-hydrogen) atoms. The molecule has 0 saturated heterocycles. The average molecular weight is 492 g/mol. The third-order valence-electron chi connectivity index (χ3n) is 5.79. The molecule has 0 saturated carbocycles. The van der Waals surface area contributed by atoms with Crippen molar-refractivity contribution in [2.45, 2.75) is 59.2 Å². The van der Waals surface area contributed by atoms with Crippen molar-refractivity contribution in [3.8, 4) is 0 Å². The number of carbonyl (C=O) groups excluding carboxylic acids is 2. The summed E-state index contributed by atoms with van der Waals surface area (Å²) in [5.74, 6) is -1.66. The van der Waals surface area contributed by atoms with Gasteiger partial charge in [-0.05, 0) is 49.9 Å². The summed E-state index contributed by atoms with van der Waals surface area (Å²) >= 11 is 0. The Morgan fingerprint density at radius 1 is 1.03 bits per heavy atom. The van der Waals surface area contributed by atoms with E-state index < -0.39 is 34.3 Å². The minimum Gasteiger partial charge on any atom is -0.352 e. The fourth-order valence-electron chi connectivity index (χ4n) is 3.58. The number of sulfonamides is 1. The maximum atomic E-state index is 14.5. The van der Waals surface area contributed by atoms with E-state index in [-0.39, 0.29) is 24.2 Å². The van der Waals surface area contributed by atoms with Gasteiger partial charge in [0.25, 0.3) is 0 Å². The quantitative estimate of drug-likeness (QED) is 0.520. The number of para-hydroxylation sites is 1. The number of aryl methyl sites for hydroxylation is 1. The Morgan fingerprint density at radius 3 is 2.21 bits per heavy atom. The van der Waals surface area contributed by atoms with Crippen LogP contribution in [-0.4, -0.2) is 50.0 Å². The van der Waals surface area contributed by atoms with Crippen LogP contribution in [0.25, 0.3) is 0 Å². The maximum Gasteiger partial charge on any atom is 0.244 e. The van der Waals surface area contributed by atoms with Gasteiger partial charge in [-0.3, -0.25) is 13.9 Å². The first kappa shape index (κ1) is 27.3. The van der Waals surface area contributed by atoms with Crippen LogP contribution in [-0.2, 0) is 26.2 Å². The lowest BCUT2D eigenvalue weighted by atomic mass is 10.1. The molecule has 9 heteroatoms. The summed E-state index contributed by atoms with van der Waals surface area (Å²) in [4.78, 5) is 28.0. The molecule has 0 bridgehead atoms. The number of hydrogen-bond donors (Lipinski definition) is 1.